The second-order valence-corrected chi connectivity index (χ2v) is 8.52. The summed E-state index contributed by atoms with van der Waals surface area (Å²) in [5.41, 5.74) is 4.51. The molecule has 2 N–H and O–H groups in total. The standard InChI is InChI=1S/C20H26N2O4S/c1-13-10-14(2)20(15(3)11-13)21-19(23)12-18(22-27(5,24)25)16-6-8-17(26-4)9-7-16/h6-11,18,22H,12H2,1-5H3,(H,21,23). The molecule has 0 saturated heterocycles. The molecular weight excluding hydrogens is 364 g/mol. The molecule has 6 nitrogen and oxygen atoms in total. The lowest BCUT2D eigenvalue weighted by molar-refractivity contribution is -0.116. The van der Waals surface area contributed by atoms with Crippen molar-refractivity contribution in [2.24, 2.45) is 0 Å². The number of amides is 1. The van der Waals surface area contributed by atoms with Gasteiger partial charge < -0.3 is 10.1 Å². The molecule has 0 radical (unpaired) electrons. The van der Waals surface area contributed by atoms with Crippen LogP contribution in [0.25, 0.3) is 0 Å². The van der Waals surface area contributed by atoms with E-state index in [4.69, 9.17) is 4.74 Å². The minimum Gasteiger partial charge on any atom is -0.497 e. The maximum atomic E-state index is 12.6. The third-order valence-electron chi connectivity index (χ3n) is 4.21. The molecule has 1 atom stereocenters. The summed E-state index contributed by atoms with van der Waals surface area (Å²) in [4.78, 5) is 12.6. The van der Waals surface area contributed by atoms with Crippen molar-refractivity contribution in [2.45, 2.75) is 33.2 Å². The van der Waals surface area contributed by atoms with E-state index in [-0.39, 0.29) is 12.3 Å². The number of methoxy groups -OCH3 is 1. The zero-order valence-corrected chi connectivity index (χ0v) is 17.1. The molecule has 0 aliphatic heterocycles. The van der Waals surface area contributed by atoms with Gasteiger partial charge in [-0.25, -0.2) is 13.1 Å². The van der Waals surface area contributed by atoms with Crippen LogP contribution >= 0.6 is 0 Å². The Kier molecular flexibility index (Phi) is 6.62. The van der Waals surface area contributed by atoms with E-state index in [0.717, 1.165) is 28.6 Å². The number of benzene rings is 2. The quantitative estimate of drug-likeness (QED) is 0.760. The number of sulfonamides is 1. The molecule has 146 valence electrons. The van der Waals surface area contributed by atoms with Crippen LogP contribution in [0.15, 0.2) is 36.4 Å². The van der Waals surface area contributed by atoms with Gasteiger partial charge in [0.05, 0.1) is 19.4 Å². The molecule has 2 rings (SSSR count). The molecule has 0 bridgehead atoms. The Labute approximate surface area is 161 Å². The van der Waals surface area contributed by atoms with Gasteiger partial charge in [0.15, 0.2) is 0 Å². The van der Waals surface area contributed by atoms with Gasteiger partial charge in [0.1, 0.15) is 5.75 Å². The average molecular weight is 391 g/mol. The molecular formula is C20H26N2O4S. The Bertz CT molecular complexity index is 898. The predicted molar refractivity (Wildman–Crippen MR) is 108 cm³/mol. The predicted octanol–water partition coefficient (Wildman–Crippen LogP) is 3.24. The molecule has 0 heterocycles. The highest BCUT2D eigenvalue weighted by Crippen LogP contribution is 2.25. The van der Waals surface area contributed by atoms with Gasteiger partial charge in [-0.05, 0) is 49.6 Å². The van der Waals surface area contributed by atoms with Crippen molar-refractivity contribution in [2.75, 3.05) is 18.7 Å². The summed E-state index contributed by atoms with van der Waals surface area (Å²) in [7, 11) is -1.93. The third-order valence-corrected chi connectivity index (χ3v) is 4.92. The molecule has 0 aromatic heterocycles. The van der Waals surface area contributed by atoms with Crippen LogP contribution in [0.4, 0.5) is 5.69 Å². The van der Waals surface area contributed by atoms with E-state index in [0.29, 0.717) is 11.3 Å². The highest BCUT2D eigenvalue weighted by atomic mass is 32.2. The smallest absolute Gasteiger partial charge is 0.226 e. The van der Waals surface area contributed by atoms with Gasteiger partial charge in [0.2, 0.25) is 15.9 Å². The van der Waals surface area contributed by atoms with Gasteiger partial charge in [-0.3, -0.25) is 4.79 Å². The highest BCUT2D eigenvalue weighted by molar-refractivity contribution is 7.88. The lowest BCUT2D eigenvalue weighted by atomic mass is 10.0. The number of hydrogen-bond acceptors (Lipinski definition) is 4. The van der Waals surface area contributed by atoms with Crippen LogP contribution in [0.1, 0.15) is 34.7 Å². The molecule has 0 fully saturated rings. The van der Waals surface area contributed by atoms with Crippen LogP contribution < -0.4 is 14.8 Å². The number of nitrogens with one attached hydrogen (secondary N) is 2. The minimum absolute atomic E-state index is 0.0217. The summed E-state index contributed by atoms with van der Waals surface area (Å²) in [6, 6.07) is 10.3. The molecule has 0 aliphatic carbocycles. The van der Waals surface area contributed by atoms with Gasteiger partial charge in [-0.2, -0.15) is 0 Å². The Morgan fingerprint density at radius 3 is 2.11 bits per heavy atom. The lowest BCUT2D eigenvalue weighted by Gasteiger charge is -2.19. The monoisotopic (exact) mass is 390 g/mol. The minimum atomic E-state index is -3.49. The zero-order valence-electron chi connectivity index (χ0n) is 16.3. The molecule has 2 aromatic carbocycles. The zero-order chi connectivity index (χ0) is 20.2. The molecule has 0 spiro atoms. The van der Waals surface area contributed by atoms with Crippen molar-refractivity contribution in [1.29, 1.82) is 0 Å². The maximum absolute atomic E-state index is 12.6. The van der Waals surface area contributed by atoms with Crippen LogP contribution in [-0.4, -0.2) is 27.7 Å². The van der Waals surface area contributed by atoms with Gasteiger partial charge >= 0.3 is 0 Å². The van der Waals surface area contributed by atoms with E-state index in [1.54, 1.807) is 31.4 Å². The van der Waals surface area contributed by atoms with Crippen molar-refractivity contribution >= 4 is 21.6 Å². The van der Waals surface area contributed by atoms with Gasteiger partial charge in [-0.15, -0.1) is 0 Å². The normalized spacial score (nSPS) is 12.5. The first kappa shape index (κ1) is 20.9. The van der Waals surface area contributed by atoms with Gasteiger partial charge in [0.25, 0.3) is 0 Å². The van der Waals surface area contributed by atoms with Crippen LogP contribution in [0.3, 0.4) is 0 Å². The summed E-state index contributed by atoms with van der Waals surface area (Å²) in [5.74, 6) is 0.397. The Morgan fingerprint density at radius 2 is 1.63 bits per heavy atom. The number of rotatable bonds is 7. The molecule has 0 aliphatic rings. The Morgan fingerprint density at radius 1 is 1.07 bits per heavy atom. The number of hydrogen-bond donors (Lipinski definition) is 2. The first-order valence-electron chi connectivity index (χ1n) is 8.58. The van der Waals surface area contributed by atoms with E-state index in [1.165, 1.54) is 0 Å². The van der Waals surface area contributed by atoms with Crippen molar-refractivity contribution in [1.82, 2.24) is 4.72 Å². The summed E-state index contributed by atoms with van der Waals surface area (Å²) in [6.45, 7) is 5.87. The largest absolute Gasteiger partial charge is 0.497 e. The summed E-state index contributed by atoms with van der Waals surface area (Å²) < 4.78 is 31.2. The van der Waals surface area contributed by atoms with E-state index in [9.17, 15) is 13.2 Å². The van der Waals surface area contributed by atoms with E-state index in [2.05, 4.69) is 10.0 Å². The van der Waals surface area contributed by atoms with Crippen molar-refractivity contribution in [3.8, 4) is 5.75 Å². The fraction of sp³-hybridized carbons (Fsp3) is 0.350. The number of aryl methyl sites for hydroxylation is 3. The number of carbonyl (C=O) groups is 1. The Hall–Kier alpha value is -2.38. The SMILES string of the molecule is COc1ccc(C(CC(=O)Nc2c(C)cc(C)cc2C)NS(C)(=O)=O)cc1. The van der Waals surface area contributed by atoms with Crippen LogP contribution in [0.5, 0.6) is 5.75 Å². The van der Waals surface area contributed by atoms with Crippen molar-refractivity contribution in [3.05, 3.63) is 58.7 Å². The van der Waals surface area contributed by atoms with Gasteiger partial charge in [-0.1, -0.05) is 29.8 Å². The number of ether oxygens (including phenoxy) is 1. The third kappa shape index (κ3) is 6.08. The molecule has 7 heteroatoms. The number of anilines is 1. The van der Waals surface area contributed by atoms with Crippen LogP contribution in [-0.2, 0) is 14.8 Å². The first-order valence-corrected chi connectivity index (χ1v) is 10.5. The fourth-order valence-electron chi connectivity index (χ4n) is 3.08. The fourth-order valence-corrected chi connectivity index (χ4v) is 3.81. The highest BCUT2D eigenvalue weighted by Gasteiger charge is 2.21. The van der Waals surface area contributed by atoms with E-state index >= 15 is 0 Å². The first-order chi connectivity index (χ1) is 12.6. The lowest BCUT2D eigenvalue weighted by Crippen LogP contribution is -2.31. The molecule has 2 aromatic rings. The van der Waals surface area contributed by atoms with Crippen molar-refractivity contribution < 1.29 is 17.9 Å². The molecule has 1 unspecified atom stereocenters. The molecule has 27 heavy (non-hydrogen) atoms. The van der Waals surface area contributed by atoms with Crippen LogP contribution in [0.2, 0.25) is 0 Å². The van der Waals surface area contributed by atoms with Crippen molar-refractivity contribution in [3.63, 3.8) is 0 Å². The van der Waals surface area contributed by atoms with E-state index < -0.39 is 16.1 Å². The summed E-state index contributed by atoms with van der Waals surface area (Å²) in [5, 5.41) is 2.92. The van der Waals surface area contributed by atoms with Crippen LogP contribution in [0, 0.1) is 20.8 Å². The summed E-state index contributed by atoms with van der Waals surface area (Å²) in [6.07, 6.45) is 1.06. The second kappa shape index (κ2) is 8.54. The molecule has 0 saturated carbocycles. The summed E-state index contributed by atoms with van der Waals surface area (Å²) >= 11 is 0. The van der Waals surface area contributed by atoms with E-state index in [1.807, 2.05) is 32.9 Å². The van der Waals surface area contributed by atoms with Gasteiger partial charge in [0, 0.05) is 12.1 Å². The Balaban J connectivity index is 2.22. The maximum Gasteiger partial charge on any atom is 0.226 e. The molecule has 1 amide bonds. The second-order valence-electron chi connectivity index (χ2n) is 6.74. The number of carbonyl (C=O) groups excluding carboxylic acids is 1. The average Bonchev–Trinajstić information content (AvgIpc) is 2.56. The topological polar surface area (TPSA) is 84.5 Å².